The van der Waals surface area contributed by atoms with E-state index in [0.29, 0.717) is 40.1 Å². The zero-order valence-electron chi connectivity index (χ0n) is 28.1. The number of amides is 1. The van der Waals surface area contributed by atoms with Crippen molar-refractivity contribution < 1.29 is 14.3 Å². The molecule has 1 atom stereocenters. The molecule has 252 valence electrons. The van der Waals surface area contributed by atoms with Crippen LogP contribution in [0.3, 0.4) is 0 Å². The van der Waals surface area contributed by atoms with E-state index in [4.69, 9.17) is 44.3 Å². The van der Waals surface area contributed by atoms with Gasteiger partial charge in [-0.2, -0.15) is 0 Å². The van der Waals surface area contributed by atoms with Crippen LogP contribution in [0.5, 0.6) is 11.5 Å². The minimum absolute atomic E-state index is 0.0182. The lowest BCUT2D eigenvalue weighted by molar-refractivity contribution is -0.122. The number of benzene rings is 3. The van der Waals surface area contributed by atoms with Crippen LogP contribution in [0.2, 0.25) is 15.1 Å². The van der Waals surface area contributed by atoms with Gasteiger partial charge in [0.15, 0.2) is 6.10 Å². The molecule has 1 aromatic heterocycles. The molecule has 0 bridgehead atoms. The number of carbonyl (C=O) groups excluding carboxylic acids is 1. The minimum atomic E-state index is -0.733. The highest BCUT2D eigenvalue weighted by Crippen LogP contribution is 2.39. The number of methoxy groups -OCH3 is 1. The summed E-state index contributed by atoms with van der Waals surface area (Å²) in [5.74, 6) is 1.21. The largest absolute Gasteiger partial charge is 0.497 e. The summed E-state index contributed by atoms with van der Waals surface area (Å²) < 4.78 is 12.9. The molecule has 3 N–H and O–H groups in total. The standard InChI is InChI=1S/C36H43Cl3N4O4/c1-9-29(47-30-15-12-21(35(4,5)10-2)16-24(30)36(6,7)11-3)34(45)40-22-13-14-25(37)28(17-22)41-31-20-32(44)43(42-31)33-26(38)18-23(46-8)19-27(33)39/h12-20,29,41-42H,9-11H2,1-8H3,(H,40,45). The fourth-order valence-corrected chi connectivity index (χ4v) is 5.82. The fraction of sp³-hybridized carbons (Fsp3) is 0.389. The third-order valence-electron chi connectivity index (χ3n) is 8.86. The Morgan fingerprint density at radius 1 is 0.894 bits per heavy atom. The van der Waals surface area contributed by atoms with Crippen molar-refractivity contribution in [3.05, 3.63) is 91.1 Å². The Balaban J connectivity index is 1.56. The van der Waals surface area contributed by atoms with Crippen molar-refractivity contribution in [2.24, 2.45) is 0 Å². The highest BCUT2D eigenvalue weighted by atomic mass is 35.5. The smallest absolute Gasteiger partial charge is 0.273 e. The predicted molar refractivity (Wildman–Crippen MR) is 194 cm³/mol. The molecule has 0 aliphatic heterocycles. The van der Waals surface area contributed by atoms with Crippen LogP contribution in [-0.2, 0) is 15.6 Å². The van der Waals surface area contributed by atoms with Gasteiger partial charge >= 0.3 is 0 Å². The van der Waals surface area contributed by atoms with E-state index in [2.05, 4.69) is 69.4 Å². The molecule has 47 heavy (non-hydrogen) atoms. The number of halogens is 3. The SMILES string of the molecule is CCC(Oc1ccc(C(C)(C)CC)cc1C(C)(C)CC)C(=O)Nc1ccc(Cl)c(Nc2cc(=O)n(-c3c(Cl)cc(OC)cc3Cl)[nH]2)c1. The van der Waals surface area contributed by atoms with Gasteiger partial charge in [0.1, 0.15) is 23.0 Å². The van der Waals surface area contributed by atoms with Crippen LogP contribution in [0.4, 0.5) is 17.2 Å². The number of carbonyl (C=O) groups is 1. The Morgan fingerprint density at radius 2 is 1.55 bits per heavy atom. The fourth-order valence-electron chi connectivity index (χ4n) is 5.02. The Morgan fingerprint density at radius 3 is 2.15 bits per heavy atom. The Labute approximate surface area is 291 Å². The van der Waals surface area contributed by atoms with Crippen molar-refractivity contribution in [1.29, 1.82) is 0 Å². The average molecular weight is 702 g/mol. The van der Waals surface area contributed by atoms with Crippen molar-refractivity contribution in [1.82, 2.24) is 9.78 Å². The molecule has 0 spiro atoms. The zero-order chi connectivity index (χ0) is 34.7. The minimum Gasteiger partial charge on any atom is -0.497 e. The summed E-state index contributed by atoms with van der Waals surface area (Å²) in [6.45, 7) is 15.1. The van der Waals surface area contributed by atoms with Gasteiger partial charge in [-0.25, -0.2) is 4.68 Å². The van der Waals surface area contributed by atoms with Crippen molar-refractivity contribution in [3.63, 3.8) is 0 Å². The lowest BCUT2D eigenvalue weighted by Gasteiger charge is -2.31. The zero-order valence-corrected chi connectivity index (χ0v) is 30.4. The molecule has 1 unspecified atom stereocenters. The van der Waals surface area contributed by atoms with E-state index in [1.807, 2.05) is 13.0 Å². The number of nitrogens with zero attached hydrogens (tertiary/aromatic N) is 1. The van der Waals surface area contributed by atoms with E-state index < -0.39 is 11.7 Å². The first-order chi connectivity index (χ1) is 22.1. The van der Waals surface area contributed by atoms with Crippen LogP contribution < -0.4 is 25.7 Å². The van der Waals surface area contributed by atoms with Crippen molar-refractivity contribution in [2.45, 2.75) is 84.7 Å². The third kappa shape index (κ3) is 8.11. The Bertz CT molecular complexity index is 1790. The van der Waals surface area contributed by atoms with Gasteiger partial charge in [-0.1, -0.05) is 95.4 Å². The number of ether oxygens (including phenoxy) is 2. The van der Waals surface area contributed by atoms with Gasteiger partial charge in [0.05, 0.1) is 27.9 Å². The summed E-state index contributed by atoms with van der Waals surface area (Å²) >= 11 is 19.3. The first-order valence-electron chi connectivity index (χ1n) is 15.7. The number of H-pyrrole nitrogens is 1. The van der Waals surface area contributed by atoms with Gasteiger partial charge in [0.2, 0.25) is 0 Å². The normalized spacial score (nSPS) is 12.5. The molecule has 0 saturated heterocycles. The van der Waals surface area contributed by atoms with E-state index in [-0.39, 0.29) is 32.5 Å². The number of hydrogen-bond donors (Lipinski definition) is 3. The number of rotatable bonds is 13. The van der Waals surface area contributed by atoms with E-state index in [1.54, 1.807) is 30.3 Å². The summed E-state index contributed by atoms with van der Waals surface area (Å²) in [4.78, 5) is 26.4. The summed E-state index contributed by atoms with van der Waals surface area (Å²) in [5, 5.41) is 9.87. The summed E-state index contributed by atoms with van der Waals surface area (Å²) in [5.41, 5.74) is 3.03. The van der Waals surface area contributed by atoms with Crippen LogP contribution in [-0.4, -0.2) is 28.9 Å². The summed E-state index contributed by atoms with van der Waals surface area (Å²) in [7, 11) is 1.50. The van der Waals surface area contributed by atoms with Crippen LogP contribution in [0.15, 0.2) is 59.4 Å². The lowest BCUT2D eigenvalue weighted by atomic mass is 9.76. The van der Waals surface area contributed by atoms with E-state index >= 15 is 0 Å². The highest BCUT2D eigenvalue weighted by molar-refractivity contribution is 6.38. The van der Waals surface area contributed by atoms with Gasteiger partial charge in [-0.05, 0) is 59.9 Å². The maximum absolute atomic E-state index is 13.5. The lowest BCUT2D eigenvalue weighted by Crippen LogP contribution is -2.33. The Kier molecular flexibility index (Phi) is 11.3. The topological polar surface area (TPSA) is 97.4 Å². The molecule has 0 aliphatic rings. The second kappa shape index (κ2) is 14.7. The van der Waals surface area contributed by atoms with Crippen LogP contribution >= 0.6 is 34.8 Å². The monoisotopic (exact) mass is 700 g/mol. The molecular weight excluding hydrogens is 659 g/mol. The number of aromatic nitrogens is 2. The van der Waals surface area contributed by atoms with Crippen molar-refractivity contribution in [2.75, 3.05) is 17.7 Å². The van der Waals surface area contributed by atoms with Crippen molar-refractivity contribution in [3.8, 4) is 17.2 Å². The van der Waals surface area contributed by atoms with Gasteiger partial charge < -0.3 is 20.1 Å². The van der Waals surface area contributed by atoms with Gasteiger partial charge in [0.25, 0.3) is 11.5 Å². The maximum Gasteiger partial charge on any atom is 0.273 e. The first kappa shape index (κ1) is 36.2. The number of aromatic amines is 1. The quantitative estimate of drug-likeness (QED) is 0.129. The third-order valence-corrected chi connectivity index (χ3v) is 9.77. The van der Waals surface area contributed by atoms with Gasteiger partial charge in [-0.3, -0.25) is 14.7 Å². The molecule has 4 rings (SSSR count). The number of anilines is 3. The molecule has 0 radical (unpaired) electrons. The highest BCUT2D eigenvalue weighted by Gasteiger charge is 2.29. The Hall–Kier alpha value is -3.59. The van der Waals surface area contributed by atoms with Crippen molar-refractivity contribution >= 4 is 57.9 Å². The van der Waals surface area contributed by atoms with E-state index in [9.17, 15) is 9.59 Å². The second-order valence-corrected chi connectivity index (χ2v) is 14.0. The average Bonchev–Trinajstić information content (AvgIpc) is 3.39. The second-order valence-electron chi connectivity index (χ2n) is 12.8. The molecule has 1 amide bonds. The van der Waals surface area contributed by atoms with E-state index in [1.165, 1.54) is 23.4 Å². The maximum atomic E-state index is 13.5. The van der Waals surface area contributed by atoms with Gasteiger partial charge in [-0.15, -0.1) is 0 Å². The molecule has 1 heterocycles. The molecule has 8 nitrogen and oxygen atoms in total. The number of hydrogen-bond acceptors (Lipinski definition) is 5. The molecule has 4 aromatic rings. The van der Waals surface area contributed by atoms with Gasteiger partial charge in [0, 0.05) is 29.4 Å². The van der Waals surface area contributed by atoms with Crippen LogP contribution in [0.1, 0.15) is 78.9 Å². The molecule has 11 heteroatoms. The predicted octanol–water partition coefficient (Wildman–Crippen LogP) is 10.0. The summed E-state index contributed by atoms with van der Waals surface area (Å²) in [6.07, 6.45) is 1.65. The molecule has 3 aromatic carbocycles. The summed E-state index contributed by atoms with van der Waals surface area (Å²) in [6, 6.07) is 15.9. The number of nitrogens with one attached hydrogen (secondary N) is 3. The molecule has 0 fully saturated rings. The first-order valence-corrected chi connectivity index (χ1v) is 16.8. The molecule has 0 saturated carbocycles. The molecular formula is C36H43Cl3N4O4. The van der Waals surface area contributed by atoms with E-state index in [0.717, 1.165) is 18.4 Å². The van der Waals surface area contributed by atoms with Crippen LogP contribution in [0.25, 0.3) is 5.69 Å². The molecule has 0 aliphatic carbocycles. The van der Waals surface area contributed by atoms with Crippen LogP contribution in [0, 0.1) is 0 Å².